The fraction of sp³-hybridized carbons (Fsp3) is 0.409. The Morgan fingerprint density at radius 2 is 1.75 bits per heavy atom. The van der Waals surface area contributed by atoms with Crippen LogP contribution in [0.3, 0.4) is 0 Å². The second-order valence-corrected chi connectivity index (χ2v) is 9.07. The van der Waals surface area contributed by atoms with Crippen LogP contribution in [0.4, 0.5) is 13.2 Å². The number of hydrogen-bond donors (Lipinski definition) is 2. The lowest BCUT2D eigenvalue weighted by molar-refractivity contribution is 0.0465. The maximum absolute atomic E-state index is 13.8. The maximum atomic E-state index is 13.8. The largest absolute Gasteiger partial charge is 0.503 e. The highest BCUT2D eigenvalue weighted by Gasteiger charge is 2.66. The average molecular weight is 445 g/mol. The molecule has 0 spiro atoms. The summed E-state index contributed by atoms with van der Waals surface area (Å²) in [5, 5.41) is 12.8. The van der Waals surface area contributed by atoms with Gasteiger partial charge in [0.15, 0.2) is 23.1 Å². The van der Waals surface area contributed by atoms with Gasteiger partial charge in [-0.15, -0.1) is 0 Å². The second kappa shape index (κ2) is 6.36. The van der Waals surface area contributed by atoms with Crippen molar-refractivity contribution in [1.29, 1.82) is 0 Å². The van der Waals surface area contributed by atoms with Gasteiger partial charge in [-0.3, -0.25) is 14.4 Å². The van der Waals surface area contributed by atoms with Crippen LogP contribution in [0.1, 0.15) is 39.3 Å². The Labute approximate surface area is 179 Å². The number of pyridine rings is 1. The molecule has 2 N–H and O–H groups in total. The van der Waals surface area contributed by atoms with Crippen LogP contribution in [0, 0.1) is 35.2 Å². The van der Waals surface area contributed by atoms with Crippen molar-refractivity contribution in [2.45, 2.75) is 38.0 Å². The highest BCUT2D eigenvalue weighted by atomic mass is 19.2. The van der Waals surface area contributed by atoms with E-state index in [1.54, 1.807) is 4.90 Å². The number of aromatic nitrogens is 1. The number of fused-ring (bicyclic) bond motifs is 9. The highest BCUT2D eigenvalue weighted by Crippen LogP contribution is 2.64. The molecule has 10 heteroatoms. The van der Waals surface area contributed by atoms with E-state index in [-0.39, 0.29) is 23.3 Å². The zero-order chi connectivity index (χ0) is 22.5. The first-order valence-corrected chi connectivity index (χ1v) is 10.5. The van der Waals surface area contributed by atoms with Crippen LogP contribution < -0.4 is 10.7 Å². The summed E-state index contributed by atoms with van der Waals surface area (Å²) in [6, 6.07) is 1.11. The first-order chi connectivity index (χ1) is 15.3. The van der Waals surface area contributed by atoms with E-state index in [1.165, 1.54) is 10.8 Å². The molecule has 2 aromatic rings. The number of carbonyl (C=O) groups is 2. The number of aromatic hydroxyl groups is 1. The summed E-state index contributed by atoms with van der Waals surface area (Å²) in [6.45, 7) is -0.122. The van der Waals surface area contributed by atoms with Gasteiger partial charge in [0.2, 0.25) is 5.43 Å². The molecule has 32 heavy (non-hydrogen) atoms. The second-order valence-electron chi connectivity index (χ2n) is 9.07. The van der Waals surface area contributed by atoms with Crippen LogP contribution in [0.5, 0.6) is 5.75 Å². The summed E-state index contributed by atoms with van der Waals surface area (Å²) >= 11 is 0. The number of piperidine rings is 1. The molecule has 3 heterocycles. The van der Waals surface area contributed by atoms with Crippen molar-refractivity contribution in [3.05, 3.63) is 62.8 Å². The van der Waals surface area contributed by atoms with Gasteiger partial charge in [-0.05, 0) is 36.7 Å². The maximum Gasteiger partial charge on any atom is 0.275 e. The van der Waals surface area contributed by atoms with Crippen LogP contribution in [0.25, 0.3) is 0 Å². The minimum Gasteiger partial charge on any atom is -0.503 e. The van der Waals surface area contributed by atoms with E-state index in [0.29, 0.717) is 36.4 Å². The fourth-order valence-corrected chi connectivity index (χ4v) is 6.01. The van der Waals surface area contributed by atoms with Gasteiger partial charge in [0.05, 0.1) is 6.04 Å². The van der Waals surface area contributed by atoms with Crippen LogP contribution in [-0.2, 0) is 13.1 Å². The smallest absolute Gasteiger partial charge is 0.275 e. The zero-order valence-electron chi connectivity index (χ0n) is 16.6. The third-order valence-electron chi connectivity index (χ3n) is 7.51. The van der Waals surface area contributed by atoms with E-state index in [0.717, 1.165) is 12.8 Å². The average Bonchev–Trinajstić information content (AvgIpc) is 3.37. The molecule has 1 saturated heterocycles. The molecule has 3 fully saturated rings. The molecule has 4 aliphatic rings. The third-order valence-corrected chi connectivity index (χ3v) is 7.51. The lowest BCUT2D eigenvalue weighted by Crippen LogP contribution is -2.53. The highest BCUT2D eigenvalue weighted by molar-refractivity contribution is 5.99. The first-order valence-electron chi connectivity index (χ1n) is 10.5. The number of nitrogens with zero attached hydrogens (tertiary/aromatic N) is 2. The van der Waals surface area contributed by atoms with Crippen LogP contribution in [-0.4, -0.2) is 38.5 Å². The molecule has 4 unspecified atom stereocenters. The number of nitrogens with one attached hydrogen (secondary N) is 1. The molecule has 166 valence electrons. The number of hydrogen-bond acceptors (Lipinski definition) is 4. The monoisotopic (exact) mass is 445 g/mol. The Morgan fingerprint density at radius 1 is 1.03 bits per heavy atom. The van der Waals surface area contributed by atoms with Gasteiger partial charge in [0.25, 0.3) is 11.8 Å². The molecule has 2 saturated carbocycles. The number of carbonyl (C=O) groups excluding carboxylic acids is 2. The summed E-state index contributed by atoms with van der Waals surface area (Å²) in [5.74, 6) is -4.26. The van der Waals surface area contributed by atoms with Crippen LogP contribution >= 0.6 is 0 Å². The van der Waals surface area contributed by atoms with Gasteiger partial charge in [0.1, 0.15) is 11.4 Å². The summed E-state index contributed by atoms with van der Waals surface area (Å²) in [7, 11) is 0. The minimum atomic E-state index is -1.35. The SMILES string of the molecule is O=C(NCc1cc(F)c(F)cc1F)c1cn2c(c(O)c1=O)C(=O)N1C(C2)C2C[C@H]1C1CC21. The zero-order valence-corrected chi connectivity index (χ0v) is 16.6. The van der Waals surface area contributed by atoms with Crippen molar-refractivity contribution in [2.24, 2.45) is 17.8 Å². The van der Waals surface area contributed by atoms with E-state index in [1.807, 2.05) is 0 Å². The van der Waals surface area contributed by atoms with Gasteiger partial charge in [0, 0.05) is 37.0 Å². The molecule has 2 bridgehead atoms. The summed E-state index contributed by atoms with van der Waals surface area (Å²) in [6.07, 6.45) is 3.27. The lowest BCUT2D eigenvalue weighted by atomic mass is 9.94. The fourth-order valence-electron chi connectivity index (χ4n) is 6.01. The number of benzene rings is 1. The summed E-state index contributed by atoms with van der Waals surface area (Å²) in [4.78, 5) is 40.2. The van der Waals surface area contributed by atoms with E-state index < -0.39 is 52.6 Å². The molecule has 2 amide bonds. The quantitative estimate of drug-likeness (QED) is 0.705. The molecule has 1 aromatic heterocycles. The molecule has 2 aliphatic heterocycles. The molecular formula is C22H18F3N3O4. The van der Waals surface area contributed by atoms with Crippen LogP contribution in [0.15, 0.2) is 23.1 Å². The predicted octanol–water partition coefficient (Wildman–Crippen LogP) is 1.76. The van der Waals surface area contributed by atoms with E-state index >= 15 is 0 Å². The van der Waals surface area contributed by atoms with Gasteiger partial charge < -0.3 is 19.9 Å². The molecule has 2 aliphatic carbocycles. The Hall–Kier alpha value is -3.30. The molecule has 1 aromatic carbocycles. The van der Waals surface area contributed by atoms with Crippen molar-refractivity contribution in [3.8, 4) is 5.75 Å². The third kappa shape index (κ3) is 2.52. The van der Waals surface area contributed by atoms with Gasteiger partial charge >= 0.3 is 0 Å². The van der Waals surface area contributed by atoms with Crippen molar-refractivity contribution in [1.82, 2.24) is 14.8 Å². The molecule has 7 nitrogen and oxygen atoms in total. The summed E-state index contributed by atoms with van der Waals surface area (Å²) < 4.78 is 41.7. The van der Waals surface area contributed by atoms with E-state index in [9.17, 15) is 32.7 Å². The molecule has 0 radical (unpaired) electrons. The Bertz CT molecular complexity index is 1280. The molecule has 6 rings (SSSR count). The topological polar surface area (TPSA) is 91.6 Å². The molecule has 5 atom stereocenters. The van der Waals surface area contributed by atoms with Gasteiger partial charge in [-0.25, -0.2) is 13.2 Å². The first kappa shape index (κ1) is 19.4. The minimum absolute atomic E-state index is 0.0298. The van der Waals surface area contributed by atoms with Gasteiger partial charge in [-0.2, -0.15) is 0 Å². The van der Waals surface area contributed by atoms with Crippen molar-refractivity contribution < 1.29 is 27.9 Å². The van der Waals surface area contributed by atoms with E-state index in [4.69, 9.17) is 0 Å². The van der Waals surface area contributed by atoms with Crippen LogP contribution in [0.2, 0.25) is 0 Å². The van der Waals surface area contributed by atoms with Gasteiger partial charge in [-0.1, -0.05) is 0 Å². The van der Waals surface area contributed by atoms with Crippen molar-refractivity contribution in [2.75, 3.05) is 0 Å². The summed E-state index contributed by atoms with van der Waals surface area (Å²) in [5.41, 5.74) is -1.85. The standard InChI is InChI=1S/C22H18F3N3O4/c23-13-4-15(25)14(24)1-8(13)5-26-21(31)12-6-27-7-17-11-3-16(10-2-9(10)11)28(17)22(32)18(27)20(30)19(12)29/h1,4,6,9-11,16-17,30H,2-3,5,7H2,(H,26,31)/t9?,10?,11?,16-,17?/m0/s1. The van der Waals surface area contributed by atoms with Crippen molar-refractivity contribution >= 4 is 11.8 Å². The number of rotatable bonds is 3. The lowest BCUT2D eigenvalue weighted by Gasteiger charge is -2.40. The Morgan fingerprint density at radius 3 is 2.53 bits per heavy atom. The Kier molecular flexibility index (Phi) is 3.86. The predicted molar refractivity (Wildman–Crippen MR) is 103 cm³/mol. The Balaban J connectivity index is 1.30. The molecular weight excluding hydrogens is 427 g/mol. The van der Waals surface area contributed by atoms with E-state index in [2.05, 4.69) is 5.32 Å². The normalized spacial score (nSPS) is 28.9. The number of amides is 2. The van der Waals surface area contributed by atoms with Crippen molar-refractivity contribution in [3.63, 3.8) is 0 Å². The number of halogens is 3.